The van der Waals surface area contributed by atoms with E-state index in [9.17, 15) is 0 Å². The summed E-state index contributed by atoms with van der Waals surface area (Å²) in [6, 6.07) is 0. The maximum absolute atomic E-state index is 3.64. The van der Waals surface area contributed by atoms with Gasteiger partial charge in [0.25, 0.3) is 0 Å². The van der Waals surface area contributed by atoms with Crippen LogP contribution in [0.1, 0.15) is 13.8 Å². The van der Waals surface area contributed by atoms with E-state index in [0.717, 1.165) is 0 Å². The maximum Gasteiger partial charge on any atom is -0.00235 e. The first-order valence-electron chi connectivity index (χ1n) is 3.02. The molecule has 0 aliphatic rings. The molecule has 0 aromatic rings. The molecule has 0 heterocycles. The van der Waals surface area contributed by atoms with Gasteiger partial charge in [0.15, 0.2) is 0 Å². The lowest BCUT2D eigenvalue weighted by Gasteiger charge is -1.90. The lowest BCUT2D eigenvalue weighted by molar-refractivity contribution is 0.945. The third-order valence-corrected chi connectivity index (χ3v) is 0.999. The zero-order valence-electron chi connectivity index (χ0n) is 6.02. The summed E-state index contributed by atoms with van der Waals surface area (Å²) < 4.78 is 0. The molecule has 9 heavy (non-hydrogen) atoms. The molecule has 0 heteroatoms. The summed E-state index contributed by atoms with van der Waals surface area (Å²) >= 11 is 0. The number of rotatable bonds is 2. The topological polar surface area (TPSA) is 0 Å². The molecule has 0 nitrogen and oxygen atoms in total. The Hall–Kier alpha value is -0.960. The summed E-state index contributed by atoms with van der Waals surface area (Å²) in [6.07, 6.45) is 5.75. The fourth-order valence-corrected chi connectivity index (χ4v) is 0.362. The minimum atomic E-state index is 0.436. The van der Waals surface area contributed by atoms with E-state index in [1.807, 2.05) is 25.2 Å². The van der Waals surface area contributed by atoms with Crippen molar-refractivity contribution in [3.8, 4) is 11.8 Å². The molecule has 0 spiro atoms. The van der Waals surface area contributed by atoms with Crippen LogP contribution in [-0.4, -0.2) is 0 Å². The molecular weight excluding hydrogens is 108 g/mol. The standard InChI is InChI=1S/C9H12/c1-4-6-7-8-9(3)5-2/h5,7-9H,2H2,1,3H3. The molecule has 0 N–H and O–H groups in total. The van der Waals surface area contributed by atoms with Gasteiger partial charge in [0, 0.05) is 0 Å². The molecule has 0 aliphatic heterocycles. The summed E-state index contributed by atoms with van der Waals surface area (Å²) in [5, 5.41) is 0. The zero-order chi connectivity index (χ0) is 7.11. The predicted molar refractivity (Wildman–Crippen MR) is 42.0 cm³/mol. The third-order valence-electron chi connectivity index (χ3n) is 0.999. The maximum atomic E-state index is 3.64. The van der Waals surface area contributed by atoms with Crippen LogP contribution in [0.25, 0.3) is 0 Å². The van der Waals surface area contributed by atoms with Crippen molar-refractivity contribution in [2.24, 2.45) is 5.92 Å². The highest BCUT2D eigenvalue weighted by atomic mass is 13.9. The van der Waals surface area contributed by atoms with E-state index < -0.39 is 0 Å². The Morgan fingerprint density at radius 2 is 2.22 bits per heavy atom. The lowest BCUT2D eigenvalue weighted by atomic mass is 10.2. The second kappa shape index (κ2) is 5.18. The zero-order valence-corrected chi connectivity index (χ0v) is 6.02. The normalized spacial score (nSPS) is 12.2. The molecule has 0 aromatic carbocycles. The Morgan fingerprint density at radius 1 is 1.56 bits per heavy atom. The minimum absolute atomic E-state index is 0.436. The molecule has 0 aromatic heterocycles. The number of hydrogen-bond donors (Lipinski definition) is 0. The van der Waals surface area contributed by atoms with Crippen LogP contribution >= 0.6 is 0 Å². The molecule has 1 unspecified atom stereocenters. The van der Waals surface area contributed by atoms with Crippen LogP contribution in [0.15, 0.2) is 24.8 Å². The van der Waals surface area contributed by atoms with Gasteiger partial charge in [-0.05, 0) is 18.9 Å². The van der Waals surface area contributed by atoms with Gasteiger partial charge >= 0.3 is 0 Å². The molecule has 0 aliphatic carbocycles. The van der Waals surface area contributed by atoms with Crippen LogP contribution in [0.5, 0.6) is 0 Å². The first-order chi connectivity index (χ1) is 4.31. The van der Waals surface area contributed by atoms with Crippen molar-refractivity contribution < 1.29 is 0 Å². The number of hydrogen-bond acceptors (Lipinski definition) is 0. The first-order valence-corrected chi connectivity index (χ1v) is 3.02. The van der Waals surface area contributed by atoms with E-state index in [-0.39, 0.29) is 0 Å². The van der Waals surface area contributed by atoms with E-state index in [1.54, 1.807) is 0 Å². The summed E-state index contributed by atoms with van der Waals surface area (Å²) in [6.45, 7) is 7.53. The highest BCUT2D eigenvalue weighted by molar-refractivity contribution is 5.15. The summed E-state index contributed by atoms with van der Waals surface area (Å²) in [4.78, 5) is 0. The lowest BCUT2D eigenvalue weighted by Crippen LogP contribution is -1.77. The fourth-order valence-electron chi connectivity index (χ4n) is 0.362. The summed E-state index contributed by atoms with van der Waals surface area (Å²) in [5.74, 6) is 6.05. The smallest absolute Gasteiger partial charge is 0.00235 e. The molecule has 0 fully saturated rings. The van der Waals surface area contributed by atoms with Gasteiger partial charge in [-0.3, -0.25) is 0 Å². The molecule has 1 atom stereocenters. The van der Waals surface area contributed by atoms with Gasteiger partial charge < -0.3 is 0 Å². The van der Waals surface area contributed by atoms with E-state index >= 15 is 0 Å². The van der Waals surface area contributed by atoms with Crippen LogP contribution in [0.4, 0.5) is 0 Å². The SMILES string of the molecule is C=CC(C)C=CC#CC. The molecule has 0 radical (unpaired) electrons. The monoisotopic (exact) mass is 120 g/mol. The van der Waals surface area contributed by atoms with E-state index in [1.165, 1.54) is 0 Å². The molecule has 0 amide bonds. The van der Waals surface area contributed by atoms with Crippen LogP contribution < -0.4 is 0 Å². The van der Waals surface area contributed by atoms with Crippen molar-refractivity contribution in [1.29, 1.82) is 0 Å². The van der Waals surface area contributed by atoms with E-state index in [2.05, 4.69) is 25.3 Å². The highest BCUT2D eigenvalue weighted by Gasteiger charge is 1.82. The fraction of sp³-hybridized carbons (Fsp3) is 0.333. The average Bonchev–Trinajstić information content (AvgIpc) is 1.89. The van der Waals surface area contributed by atoms with E-state index in [4.69, 9.17) is 0 Å². The molecule has 0 bridgehead atoms. The quantitative estimate of drug-likeness (QED) is 0.387. The molecule has 48 valence electrons. The summed E-state index contributed by atoms with van der Waals surface area (Å²) in [7, 11) is 0. The van der Waals surface area contributed by atoms with Crippen molar-refractivity contribution in [1.82, 2.24) is 0 Å². The Kier molecular flexibility index (Phi) is 4.63. The largest absolute Gasteiger partial charge is 0.102 e. The number of allylic oxidation sites excluding steroid dienone is 3. The van der Waals surface area contributed by atoms with Crippen LogP contribution in [-0.2, 0) is 0 Å². The van der Waals surface area contributed by atoms with Gasteiger partial charge in [0.2, 0.25) is 0 Å². The Labute approximate surface area is 57.3 Å². The summed E-state index contributed by atoms with van der Waals surface area (Å²) in [5.41, 5.74) is 0. The molecule has 0 saturated carbocycles. The first kappa shape index (κ1) is 8.04. The van der Waals surface area contributed by atoms with Gasteiger partial charge in [-0.1, -0.05) is 25.0 Å². The van der Waals surface area contributed by atoms with Gasteiger partial charge in [-0.2, -0.15) is 0 Å². The van der Waals surface area contributed by atoms with Crippen molar-refractivity contribution in [3.63, 3.8) is 0 Å². The average molecular weight is 120 g/mol. The second-order valence-corrected chi connectivity index (χ2v) is 1.85. The second-order valence-electron chi connectivity index (χ2n) is 1.85. The Morgan fingerprint density at radius 3 is 2.67 bits per heavy atom. The third kappa shape index (κ3) is 4.90. The predicted octanol–water partition coefficient (Wildman–Crippen LogP) is 2.39. The van der Waals surface area contributed by atoms with Crippen molar-refractivity contribution in [3.05, 3.63) is 24.8 Å². The van der Waals surface area contributed by atoms with Crippen molar-refractivity contribution in [2.45, 2.75) is 13.8 Å². The van der Waals surface area contributed by atoms with Crippen molar-refractivity contribution in [2.75, 3.05) is 0 Å². The van der Waals surface area contributed by atoms with Crippen molar-refractivity contribution >= 4 is 0 Å². The van der Waals surface area contributed by atoms with Crippen LogP contribution in [0.3, 0.4) is 0 Å². The highest BCUT2D eigenvalue weighted by Crippen LogP contribution is 1.95. The van der Waals surface area contributed by atoms with Crippen LogP contribution in [0, 0.1) is 17.8 Å². The van der Waals surface area contributed by atoms with Gasteiger partial charge in [0.05, 0.1) is 0 Å². The van der Waals surface area contributed by atoms with Crippen LogP contribution in [0.2, 0.25) is 0 Å². The van der Waals surface area contributed by atoms with Gasteiger partial charge in [-0.25, -0.2) is 0 Å². The Bertz CT molecular complexity index is 153. The molecular formula is C9H12. The van der Waals surface area contributed by atoms with E-state index in [0.29, 0.717) is 5.92 Å². The Balaban J connectivity index is 3.65. The van der Waals surface area contributed by atoms with Gasteiger partial charge in [0.1, 0.15) is 0 Å². The molecule has 0 saturated heterocycles. The minimum Gasteiger partial charge on any atom is -0.102 e. The molecule has 0 rings (SSSR count). The van der Waals surface area contributed by atoms with Gasteiger partial charge in [-0.15, -0.1) is 12.5 Å².